The third-order valence-electron chi connectivity index (χ3n) is 8.45. The van der Waals surface area contributed by atoms with Gasteiger partial charge in [0.25, 0.3) is 0 Å². The second-order valence-corrected chi connectivity index (χ2v) is 12.1. The van der Waals surface area contributed by atoms with Gasteiger partial charge in [-0.2, -0.15) is 0 Å². The van der Waals surface area contributed by atoms with E-state index < -0.39 is 0 Å². The van der Waals surface area contributed by atoms with Crippen LogP contribution in [-0.4, -0.2) is 20.9 Å². The van der Waals surface area contributed by atoms with Crippen molar-refractivity contribution in [2.45, 2.75) is 88.0 Å². The Balaban J connectivity index is 0.000000410. The molecule has 0 atom stereocenters. The second kappa shape index (κ2) is 18.4. The summed E-state index contributed by atoms with van der Waals surface area (Å²) in [7, 11) is 0. The summed E-state index contributed by atoms with van der Waals surface area (Å²) in [5.41, 5.74) is 11.5. The number of rotatable bonds is 10. The Bertz CT molecular complexity index is 1700. The van der Waals surface area contributed by atoms with E-state index in [-0.39, 0.29) is 43.5 Å². The average Bonchev–Trinajstić information content (AvgIpc) is 3.01. The fraction of sp³-hybridized carbons (Fsp3) is 0.366. The molecule has 1 heterocycles. The Labute approximate surface area is 295 Å². The van der Waals surface area contributed by atoms with E-state index in [1.165, 1.54) is 22.8 Å². The van der Waals surface area contributed by atoms with Gasteiger partial charge in [-0.3, -0.25) is 9.78 Å². The van der Waals surface area contributed by atoms with Crippen LogP contribution in [0.15, 0.2) is 66.6 Å². The predicted molar refractivity (Wildman–Crippen MR) is 191 cm³/mol. The van der Waals surface area contributed by atoms with E-state index in [0.717, 1.165) is 70.6 Å². The van der Waals surface area contributed by atoms with Crippen LogP contribution >= 0.6 is 0 Å². The molecule has 6 heteroatoms. The van der Waals surface area contributed by atoms with Gasteiger partial charge in [-0.15, -0.1) is 34.9 Å². The fourth-order valence-corrected chi connectivity index (χ4v) is 5.85. The molecule has 0 unspecified atom stereocenters. The SMILES string of the molecule is CCC(CC)C(=O)C=C(O)C(CC)CC.[C-]#[N+]c1cccc(-c2cnc(-c3[c-]c(C)cc(C)c3)c(-c3cc(C)cc(C)c3)n2)c1C.[Ir]. The van der Waals surface area contributed by atoms with Gasteiger partial charge >= 0.3 is 0 Å². The predicted octanol–water partition coefficient (Wildman–Crippen LogP) is 11.2. The smallest absolute Gasteiger partial charge is 0.190 e. The topological polar surface area (TPSA) is 67.4 Å². The van der Waals surface area contributed by atoms with Gasteiger partial charge in [0, 0.05) is 49.9 Å². The molecule has 0 amide bonds. The molecule has 4 rings (SSSR count). The molecular weight excluding hydrogens is 759 g/mol. The molecule has 249 valence electrons. The standard InChI is InChI=1S/C28H24N3.C13H24O2.Ir/c1-17-10-18(2)13-22(12-17)27-28(23-14-19(3)11-20(4)15-23)31-26(16-30-27)24-8-7-9-25(29-6)21(24)5;1-5-10(6-2)12(14)9-13(15)11(7-3)8-4;/h7-12,14-16H,1-5H3;9-11,14H,5-8H2,1-4H3;/q-1;;. The number of hydrogen-bond acceptors (Lipinski definition) is 4. The van der Waals surface area contributed by atoms with Gasteiger partial charge in [0.05, 0.1) is 23.7 Å². The van der Waals surface area contributed by atoms with Crippen molar-refractivity contribution in [2.75, 3.05) is 0 Å². The maximum Gasteiger partial charge on any atom is 0.190 e. The van der Waals surface area contributed by atoms with Crippen molar-refractivity contribution in [3.8, 4) is 33.8 Å². The van der Waals surface area contributed by atoms with E-state index in [1.807, 2.05) is 65.9 Å². The summed E-state index contributed by atoms with van der Waals surface area (Å²) >= 11 is 0. The van der Waals surface area contributed by atoms with Crippen LogP contribution < -0.4 is 0 Å². The van der Waals surface area contributed by atoms with Crippen LogP contribution in [0.5, 0.6) is 0 Å². The van der Waals surface area contributed by atoms with E-state index in [1.54, 1.807) is 0 Å². The first kappa shape index (κ1) is 39.3. The Hall–Kier alpha value is -3.91. The Morgan fingerprint density at radius 2 is 1.47 bits per heavy atom. The molecule has 47 heavy (non-hydrogen) atoms. The summed E-state index contributed by atoms with van der Waals surface area (Å²) in [6, 6.07) is 19.9. The number of nitrogens with zero attached hydrogens (tertiary/aromatic N) is 3. The summed E-state index contributed by atoms with van der Waals surface area (Å²) in [5.74, 6) is 0.547. The van der Waals surface area contributed by atoms with Gasteiger partial charge in [-0.25, -0.2) is 4.85 Å². The quantitative estimate of drug-likeness (QED) is 0.0985. The molecule has 0 fully saturated rings. The summed E-state index contributed by atoms with van der Waals surface area (Å²) < 4.78 is 0. The van der Waals surface area contributed by atoms with Gasteiger partial charge in [0.15, 0.2) is 11.5 Å². The zero-order valence-electron chi connectivity index (χ0n) is 29.3. The second-order valence-electron chi connectivity index (χ2n) is 12.1. The summed E-state index contributed by atoms with van der Waals surface area (Å²) in [5, 5.41) is 9.76. The minimum Gasteiger partial charge on any atom is -0.512 e. The van der Waals surface area contributed by atoms with E-state index in [0.29, 0.717) is 5.69 Å². The zero-order chi connectivity index (χ0) is 34.0. The number of carbonyl (C=O) groups is 1. The molecule has 5 nitrogen and oxygen atoms in total. The molecule has 1 N–H and O–H groups in total. The van der Waals surface area contributed by atoms with Crippen LogP contribution in [0.2, 0.25) is 0 Å². The summed E-state index contributed by atoms with van der Waals surface area (Å²) in [4.78, 5) is 25.3. The maximum atomic E-state index is 11.7. The molecule has 0 spiro atoms. The number of aryl methyl sites for hydroxylation is 4. The van der Waals surface area contributed by atoms with E-state index >= 15 is 0 Å². The Morgan fingerprint density at radius 3 is 2.02 bits per heavy atom. The third-order valence-corrected chi connectivity index (χ3v) is 8.45. The summed E-state index contributed by atoms with van der Waals surface area (Å²) in [6.45, 7) is 25.8. The first-order valence-electron chi connectivity index (χ1n) is 16.3. The molecule has 0 aliphatic carbocycles. The molecule has 1 aromatic heterocycles. The molecule has 0 aliphatic heterocycles. The van der Waals surface area contributed by atoms with Crippen LogP contribution in [0.25, 0.3) is 38.6 Å². The van der Waals surface area contributed by atoms with E-state index in [2.05, 4.69) is 62.0 Å². The number of allylic oxidation sites excluding steroid dienone is 2. The van der Waals surface area contributed by atoms with Crippen molar-refractivity contribution in [1.29, 1.82) is 0 Å². The minimum atomic E-state index is 0. The van der Waals surface area contributed by atoms with Gasteiger partial charge < -0.3 is 10.1 Å². The van der Waals surface area contributed by atoms with Gasteiger partial charge in [-0.1, -0.05) is 89.1 Å². The van der Waals surface area contributed by atoms with E-state index in [9.17, 15) is 9.90 Å². The number of aliphatic hydroxyl groups is 1. The number of carbonyl (C=O) groups excluding carboxylic acids is 1. The average molecular weight is 807 g/mol. The van der Waals surface area contributed by atoms with Crippen LogP contribution in [0.3, 0.4) is 0 Å². The van der Waals surface area contributed by atoms with Crippen LogP contribution in [0, 0.1) is 59.1 Å². The Morgan fingerprint density at radius 1 is 0.872 bits per heavy atom. The fourth-order valence-electron chi connectivity index (χ4n) is 5.85. The van der Waals surface area contributed by atoms with Crippen LogP contribution in [0.4, 0.5) is 5.69 Å². The minimum absolute atomic E-state index is 0. The molecule has 0 saturated carbocycles. The first-order valence-corrected chi connectivity index (χ1v) is 16.3. The number of aliphatic hydroxyl groups excluding tert-OH is 1. The number of hydrogen-bond donors (Lipinski definition) is 1. The monoisotopic (exact) mass is 807 g/mol. The maximum absolute atomic E-state index is 11.7. The zero-order valence-corrected chi connectivity index (χ0v) is 31.7. The molecule has 0 saturated heterocycles. The van der Waals surface area contributed by atoms with Gasteiger partial charge in [-0.05, 0) is 63.1 Å². The molecule has 1 radical (unpaired) electrons. The van der Waals surface area contributed by atoms with Gasteiger partial charge in [0.2, 0.25) is 0 Å². The molecule has 0 aliphatic rings. The number of aromatic nitrogens is 2. The normalized spacial score (nSPS) is 11.1. The van der Waals surface area contributed by atoms with Crippen LogP contribution in [0.1, 0.15) is 81.2 Å². The summed E-state index contributed by atoms with van der Waals surface area (Å²) in [6.07, 6.45) is 6.71. The van der Waals surface area contributed by atoms with Crippen molar-refractivity contribution in [3.63, 3.8) is 0 Å². The van der Waals surface area contributed by atoms with Crippen molar-refractivity contribution in [1.82, 2.24) is 9.97 Å². The van der Waals surface area contributed by atoms with Crippen molar-refractivity contribution in [3.05, 3.63) is 112 Å². The molecule has 3 aromatic carbocycles. The van der Waals surface area contributed by atoms with Gasteiger partial charge in [0.1, 0.15) is 0 Å². The Kier molecular flexibility index (Phi) is 15.4. The van der Waals surface area contributed by atoms with Crippen molar-refractivity contribution in [2.24, 2.45) is 11.8 Å². The van der Waals surface area contributed by atoms with Crippen LogP contribution in [-0.2, 0) is 24.9 Å². The first-order chi connectivity index (χ1) is 21.9. The number of ketones is 1. The molecular formula is C41H48IrN3O2-. The molecule has 0 bridgehead atoms. The van der Waals surface area contributed by atoms with Crippen molar-refractivity contribution < 1.29 is 30.0 Å². The largest absolute Gasteiger partial charge is 0.512 e. The van der Waals surface area contributed by atoms with Crippen molar-refractivity contribution >= 4 is 11.5 Å². The molecule has 4 aromatic rings. The van der Waals surface area contributed by atoms with E-state index in [4.69, 9.17) is 16.5 Å². The number of benzene rings is 3. The third kappa shape index (κ3) is 10.3.